The molecule has 2 rings (SSSR count). The van der Waals surface area contributed by atoms with Gasteiger partial charge in [0.05, 0.1) is 0 Å². The number of halogens is 1. The highest BCUT2D eigenvalue weighted by Crippen LogP contribution is 2.13. The predicted octanol–water partition coefficient (Wildman–Crippen LogP) is 4.05. The molecule has 1 N–H and O–H groups in total. The summed E-state index contributed by atoms with van der Waals surface area (Å²) in [7, 11) is 0. The third-order valence-electron chi connectivity index (χ3n) is 2.45. The topological polar surface area (TPSA) is 37.3 Å². The summed E-state index contributed by atoms with van der Waals surface area (Å²) >= 11 is 3.35. The van der Waals surface area contributed by atoms with Crippen LogP contribution in [0.25, 0.3) is 6.08 Å². The maximum Gasteiger partial charge on any atom is 0.185 e. The van der Waals surface area contributed by atoms with Crippen LogP contribution < -0.4 is 0 Å². The van der Waals surface area contributed by atoms with E-state index in [4.69, 9.17) is 5.11 Å². The van der Waals surface area contributed by atoms with E-state index in [0.29, 0.717) is 5.56 Å². The molecule has 0 aliphatic heterocycles. The highest BCUT2D eigenvalue weighted by Gasteiger charge is 2.00. The van der Waals surface area contributed by atoms with Gasteiger partial charge in [-0.1, -0.05) is 34.1 Å². The molecule has 3 heteroatoms. The largest absolute Gasteiger partial charge is 0.508 e. The third kappa shape index (κ3) is 3.31. The monoisotopic (exact) mass is 302 g/mol. The first-order chi connectivity index (χ1) is 8.65. The number of benzene rings is 2. The molecule has 2 aromatic carbocycles. The SMILES string of the molecule is O=C(/C=C/c1ccc(Br)cc1)c1ccc(O)cc1. The number of phenols is 1. The first kappa shape index (κ1) is 12.6. The maximum absolute atomic E-state index is 11.8. The lowest BCUT2D eigenvalue weighted by Crippen LogP contribution is -1.92. The van der Waals surface area contributed by atoms with Crippen molar-refractivity contribution >= 4 is 27.8 Å². The standard InChI is InChI=1S/C15H11BrO2/c16-13-6-1-11(2-7-13)3-10-15(18)12-4-8-14(17)9-5-12/h1-10,17H/b10-3+. The van der Waals surface area contributed by atoms with Crippen molar-refractivity contribution in [3.63, 3.8) is 0 Å². The molecule has 0 bridgehead atoms. The summed E-state index contributed by atoms with van der Waals surface area (Å²) in [6.45, 7) is 0. The normalized spacial score (nSPS) is 10.7. The zero-order valence-corrected chi connectivity index (χ0v) is 11.1. The number of allylic oxidation sites excluding steroid dienone is 1. The van der Waals surface area contributed by atoms with Gasteiger partial charge in [0.25, 0.3) is 0 Å². The van der Waals surface area contributed by atoms with Gasteiger partial charge in [-0.15, -0.1) is 0 Å². The van der Waals surface area contributed by atoms with E-state index in [0.717, 1.165) is 10.0 Å². The summed E-state index contributed by atoms with van der Waals surface area (Å²) in [5.74, 6) is 0.0707. The summed E-state index contributed by atoms with van der Waals surface area (Å²) in [5, 5.41) is 9.14. The molecule has 0 aromatic heterocycles. The number of hydrogen-bond acceptors (Lipinski definition) is 2. The molecule has 0 aliphatic rings. The van der Waals surface area contributed by atoms with Gasteiger partial charge in [0.15, 0.2) is 5.78 Å². The quantitative estimate of drug-likeness (QED) is 0.686. The molecule has 2 nitrogen and oxygen atoms in total. The van der Waals surface area contributed by atoms with Crippen molar-refractivity contribution < 1.29 is 9.90 Å². The van der Waals surface area contributed by atoms with Crippen molar-refractivity contribution in [3.8, 4) is 5.75 Å². The second-order valence-corrected chi connectivity index (χ2v) is 4.71. The lowest BCUT2D eigenvalue weighted by atomic mass is 10.1. The Labute approximate surface area is 114 Å². The fourth-order valence-electron chi connectivity index (χ4n) is 1.47. The Bertz CT molecular complexity index is 568. The Morgan fingerprint density at radius 2 is 1.61 bits per heavy atom. The lowest BCUT2D eigenvalue weighted by molar-refractivity contribution is 0.104. The maximum atomic E-state index is 11.8. The van der Waals surface area contributed by atoms with Gasteiger partial charge in [-0.05, 0) is 48.0 Å². The summed E-state index contributed by atoms with van der Waals surface area (Å²) < 4.78 is 1.00. The van der Waals surface area contributed by atoms with Gasteiger partial charge in [0.1, 0.15) is 5.75 Å². The Hall–Kier alpha value is -1.87. The zero-order chi connectivity index (χ0) is 13.0. The van der Waals surface area contributed by atoms with Crippen LogP contribution in [0.5, 0.6) is 5.75 Å². The van der Waals surface area contributed by atoms with Crippen LogP contribution in [0.2, 0.25) is 0 Å². The molecule has 0 amide bonds. The molecule has 0 fully saturated rings. The van der Waals surface area contributed by atoms with Crippen molar-refractivity contribution in [3.05, 3.63) is 70.2 Å². The third-order valence-corrected chi connectivity index (χ3v) is 2.98. The Morgan fingerprint density at radius 3 is 2.22 bits per heavy atom. The second-order valence-electron chi connectivity index (χ2n) is 3.80. The van der Waals surface area contributed by atoms with E-state index in [1.807, 2.05) is 24.3 Å². The minimum absolute atomic E-state index is 0.0853. The van der Waals surface area contributed by atoms with Gasteiger partial charge < -0.3 is 5.11 Å². The summed E-state index contributed by atoms with van der Waals surface area (Å²) in [6.07, 6.45) is 3.29. The second kappa shape index (κ2) is 5.65. The molecule has 0 atom stereocenters. The number of carbonyl (C=O) groups is 1. The Morgan fingerprint density at radius 1 is 1.00 bits per heavy atom. The molecule has 0 saturated heterocycles. The van der Waals surface area contributed by atoms with Crippen LogP contribution in [0.3, 0.4) is 0 Å². The van der Waals surface area contributed by atoms with Crippen molar-refractivity contribution in [2.45, 2.75) is 0 Å². The molecule has 90 valence electrons. The predicted molar refractivity (Wildman–Crippen MR) is 75.6 cm³/mol. The highest BCUT2D eigenvalue weighted by atomic mass is 79.9. The van der Waals surface area contributed by atoms with Gasteiger partial charge in [0, 0.05) is 10.0 Å². The van der Waals surface area contributed by atoms with Crippen LogP contribution in [0.1, 0.15) is 15.9 Å². The summed E-state index contributed by atoms with van der Waals surface area (Å²) in [4.78, 5) is 11.8. The van der Waals surface area contributed by atoms with E-state index in [2.05, 4.69) is 15.9 Å². The minimum atomic E-state index is -0.0853. The van der Waals surface area contributed by atoms with Crippen LogP contribution in [0, 0.1) is 0 Å². The van der Waals surface area contributed by atoms with E-state index >= 15 is 0 Å². The van der Waals surface area contributed by atoms with Crippen molar-refractivity contribution in [2.24, 2.45) is 0 Å². The van der Waals surface area contributed by atoms with Crippen molar-refractivity contribution in [1.29, 1.82) is 0 Å². The van der Waals surface area contributed by atoms with E-state index in [9.17, 15) is 4.79 Å². The number of hydrogen-bond donors (Lipinski definition) is 1. The molecule has 0 saturated carbocycles. The van der Waals surface area contributed by atoms with Crippen molar-refractivity contribution in [2.75, 3.05) is 0 Å². The smallest absolute Gasteiger partial charge is 0.185 e. The van der Waals surface area contributed by atoms with Gasteiger partial charge in [-0.2, -0.15) is 0 Å². The van der Waals surface area contributed by atoms with E-state index in [-0.39, 0.29) is 11.5 Å². The number of rotatable bonds is 3. The molecular formula is C15H11BrO2. The van der Waals surface area contributed by atoms with E-state index in [1.54, 1.807) is 18.2 Å². The number of carbonyl (C=O) groups excluding carboxylic acids is 1. The van der Waals surface area contributed by atoms with Crippen molar-refractivity contribution in [1.82, 2.24) is 0 Å². The van der Waals surface area contributed by atoms with Crippen LogP contribution in [0.4, 0.5) is 0 Å². The minimum Gasteiger partial charge on any atom is -0.508 e. The molecule has 2 aromatic rings. The van der Waals surface area contributed by atoms with Crippen LogP contribution in [-0.2, 0) is 0 Å². The molecule has 0 aliphatic carbocycles. The first-order valence-corrected chi connectivity index (χ1v) is 6.21. The van der Waals surface area contributed by atoms with Gasteiger partial charge in [0.2, 0.25) is 0 Å². The van der Waals surface area contributed by atoms with Gasteiger partial charge >= 0.3 is 0 Å². The average molecular weight is 303 g/mol. The fraction of sp³-hybridized carbons (Fsp3) is 0. The zero-order valence-electron chi connectivity index (χ0n) is 9.51. The number of phenolic OH excluding ortho intramolecular Hbond substituents is 1. The lowest BCUT2D eigenvalue weighted by Gasteiger charge is -1.97. The highest BCUT2D eigenvalue weighted by molar-refractivity contribution is 9.10. The Balaban J connectivity index is 2.11. The molecule has 0 radical (unpaired) electrons. The molecule has 0 heterocycles. The average Bonchev–Trinajstić information content (AvgIpc) is 2.38. The van der Waals surface area contributed by atoms with Crippen LogP contribution in [0.15, 0.2) is 59.1 Å². The first-order valence-electron chi connectivity index (χ1n) is 5.42. The van der Waals surface area contributed by atoms with Crippen LogP contribution in [-0.4, -0.2) is 10.9 Å². The fourth-order valence-corrected chi connectivity index (χ4v) is 1.73. The molecule has 0 spiro atoms. The van der Waals surface area contributed by atoms with E-state index < -0.39 is 0 Å². The summed E-state index contributed by atoms with van der Waals surface area (Å²) in [6, 6.07) is 13.9. The van der Waals surface area contributed by atoms with Gasteiger partial charge in [-0.3, -0.25) is 4.79 Å². The van der Waals surface area contributed by atoms with E-state index in [1.165, 1.54) is 18.2 Å². The number of aromatic hydroxyl groups is 1. The number of ketones is 1. The molecule has 0 unspecified atom stereocenters. The Kier molecular flexibility index (Phi) is 3.95. The molecular weight excluding hydrogens is 292 g/mol. The van der Waals surface area contributed by atoms with Gasteiger partial charge in [-0.25, -0.2) is 0 Å². The van der Waals surface area contributed by atoms with Crippen LogP contribution >= 0.6 is 15.9 Å². The molecule has 18 heavy (non-hydrogen) atoms. The summed E-state index contributed by atoms with van der Waals surface area (Å²) in [5.41, 5.74) is 1.52.